The molecule has 0 unspecified atom stereocenters. The van der Waals surface area contributed by atoms with Crippen molar-refractivity contribution in [3.8, 4) is 0 Å². The quantitative estimate of drug-likeness (QED) is 0.801. The molecule has 0 aliphatic heterocycles. The highest BCUT2D eigenvalue weighted by Gasteiger charge is 2.26. The first-order valence-corrected chi connectivity index (χ1v) is 6.09. The Morgan fingerprint density at radius 3 is 3.06 bits per heavy atom. The zero-order valence-electron chi connectivity index (χ0n) is 10.1. The Bertz CT molecular complexity index is 401. The molecule has 1 aromatic rings. The Balaban J connectivity index is 1.80. The molecule has 0 saturated heterocycles. The van der Waals surface area contributed by atoms with Crippen LogP contribution in [0.15, 0.2) is 18.5 Å². The third kappa shape index (κ3) is 3.53. The zero-order chi connectivity index (χ0) is 12.3. The number of nitrogens with two attached hydrogens (primary N) is 1. The number of amides is 1. The van der Waals surface area contributed by atoms with Crippen LogP contribution in [0.1, 0.15) is 30.4 Å². The molecule has 2 rings (SSSR count). The molecule has 1 aliphatic rings. The maximum absolute atomic E-state index is 11.7. The first-order valence-electron chi connectivity index (χ1n) is 6.09. The average molecular weight is 233 g/mol. The predicted molar refractivity (Wildman–Crippen MR) is 66.1 cm³/mol. The van der Waals surface area contributed by atoms with Gasteiger partial charge in [-0.2, -0.15) is 0 Å². The van der Waals surface area contributed by atoms with E-state index in [0.717, 1.165) is 17.5 Å². The highest BCUT2D eigenvalue weighted by Crippen LogP contribution is 2.33. The number of rotatable bonds is 5. The average Bonchev–Trinajstić information content (AvgIpc) is 3.11. The maximum Gasteiger partial charge on any atom is 0.237 e. The van der Waals surface area contributed by atoms with Gasteiger partial charge in [0, 0.05) is 18.9 Å². The Morgan fingerprint density at radius 1 is 1.65 bits per heavy atom. The van der Waals surface area contributed by atoms with E-state index in [2.05, 4.69) is 10.3 Å². The smallest absolute Gasteiger partial charge is 0.237 e. The van der Waals surface area contributed by atoms with Crippen molar-refractivity contribution in [2.75, 3.05) is 0 Å². The van der Waals surface area contributed by atoms with E-state index in [9.17, 15) is 4.79 Å². The van der Waals surface area contributed by atoms with Crippen molar-refractivity contribution in [3.05, 3.63) is 29.6 Å². The molecule has 0 aromatic carbocycles. The molecule has 1 fully saturated rings. The number of pyridine rings is 1. The molecule has 1 aromatic heterocycles. The Hall–Kier alpha value is -1.42. The van der Waals surface area contributed by atoms with E-state index in [-0.39, 0.29) is 11.9 Å². The van der Waals surface area contributed by atoms with Gasteiger partial charge in [-0.15, -0.1) is 0 Å². The maximum atomic E-state index is 11.7. The number of aryl methyl sites for hydroxylation is 1. The molecular weight excluding hydrogens is 214 g/mol. The van der Waals surface area contributed by atoms with Crippen molar-refractivity contribution in [2.45, 2.75) is 38.8 Å². The van der Waals surface area contributed by atoms with Gasteiger partial charge in [0.1, 0.15) is 0 Å². The minimum Gasteiger partial charge on any atom is -0.351 e. The molecule has 3 N–H and O–H groups in total. The lowest BCUT2D eigenvalue weighted by atomic mass is 10.1. The van der Waals surface area contributed by atoms with Crippen LogP contribution in [0.25, 0.3) is 0 Å². The van der Waals surface area contributed by atoms with Gasteiger partial charge < -0.3 is 11.1 Å². The van der Waals surface area contributed by atoms with E-state index in [4.69, 9.17) is 5.73 Å². The summed E-state index contributed by atoms with van der Waals surface area (Å²) in [5.74, 6) is 0.631. The molecule has 4 nitrogen and oxygen atoms in total. The van der Waals surface area contributed by atoms with Crippen LogP contribution in [-0.2, 0) is 11.3 Å². The molecule has 92 valence electrons. The van der Waals surface area contributed by atoms with Crippen LogP contribution < -0.4 is 11.1 Å². The van der Waals surface area contributed by atoms with Gasteiger partial charge >= 0.3 is 0 Å². The summed E-state index contributed by atoms with van der Waals surface area (Å²) in [6, 6.07) is 1.56. The van der Waals surface area contributed by atoms with Gasteiger partial charge in [-0.25, -0.2) is 0 Å². The molecule has 1 amide bonds. The van der Waals surface area contributed by atoms with Crippen molar-refractivity contribution in [1.82, 2.24) is 10.3 Å². The molecule has 0 bridgehead atoms. The van der Waals surface area contributed by atoms with Crippen molar-refractivity contribution in [2.24, 2.45) is 11.7 Å². The normalized spacial score (nSPS) is 16.6. The Labute approximate surface area is 102 Å². The molecule has 0 spiro atoms. The van der Waals surface area contributed by atoms with Crippen LogP contribution in [-0.4, -0.2) is 16.9 Å². The molecule has 1 heterocycles. The summed E-state index contributed by atoms with van der Waals surface area (Å²) in [5.41, 5.74) is 8.01. The summed E-state index contributed by atoms with van der Waals surface area (Å²) in [7, 11) is 0. The SMILES string of the molecule is Cc1cnccc1CNC(=O)[C@@H](N)CC1CC1. The topological polar surface area (TPSA) is 68.0 Å². The summed E-state index contributed by atoms with van der Waals surface area (Å²) in [5, 5.41) is 2.88. The van der Waals surface area contributed by atoms with E-state index >= 15 is 0 Å². The van der Waals surface area contributed by atoms with Gasteiger partial charge in [-0.1, -0.05) is 12.8 Å². The minimum absolute atomic E-state index is 0.0480. The molecule has 1 atom stereocenters. The van der Waals surface area contributed by atoms with Crippen molar-refractivity contribution in [3.63, 3.8) is 0 Å². The standard InChI is InChI=1S/C13H19N3O/c1-9-7-15-5-4-11(9)8-16-13(17)12(14)6-10-2-3-10/h4-5,7,10,12H,2-3,6,8,14H2,1H3,(H,16,17)/t12-/m0/s1. The van der Waals surface area contributed by atoms with Crippen LogP contribution in [0.4, 0.5) is 0 Å². The molecule has 1 aliphatic carbocycles. The van der Waals surface area contributed by atoms with Crippen molar-refractivity contribution >= 4 is 5.91 Å². The molecule has 1 saturated carbocycles. The number of aromatic nitrogens is 1. The van der Waals surface area contributed by atoms with Gasteiger partial charge in [0.25, 0.3) is 0 Å². The number of nitrogens with zero attached hydrogens (tertiary/aromatic N) is 1. The predicted octanol–water partition coefficient (Wildman–Crippen LogP) is 1.13. The van der Waals surface area contributed by atoms with Crippen LogP contribution in [0.3, 0.4) is 0 Å². The first-order chi connectivity index (χ1) is 8.16. The lowest BCUT2D eigenvalue weighted by molar-refractivity contribution is -0.122. The number of nitrogens with one attached hydrogen (secondary N) is 1. The fraction of sp³-hybridized carbons (Fsp3) is 0.538. The van der Waals surface area contributed by atoms with Crippen molar-refractivity contribution in [1.29, 1.82) is 0 Å². The van der Waals surface area contributed by atoms with Crippen LogP contribution in [0.2, 0.25) is 0 Å². The number of carbonyl (C=O) groups excluding carboxylic acids is 1. The summed E-state index contributed by atoms with van der Waals surface area (Å²) in [6.45, 7) is 2.52. The van der Waals surface area contributed by atoms with Crippen molar-refractivity contribution < 1.29 is 4.79 Å². The third-order valence-electron chi connectivity index (χ3n) is 3.21. The van der Waals surface area contributed by atoms with E-state index in [1.54, 1.807) is 12.4 Å². The molecule has 0 radical (unpaired) electrons. The van der Waals surface area contributed by atoms with Gasteiger partial charge in [0.2, 0.25) is 5.91 Å². The number of hydrogen-bond donors (Lipinski definition) is 2. The van der Waals surface area contributed by atoms with Gasteiger partial charge in [0.05, 0.1) is 6.04 Å². The van der Waals surface area contributed by atoms with E-state index in [1.165, 1.54) is 12.8 Å². The summed E-state index contributed by atoms with van der Waals surface area (Å²) >= 11 is 0. The number of carbonyl (C=O) groups is 1. The number of hydrogen-bond acceptors (Lipinski definition) is 3. The fourth-order valence-electron chi connectivity index (χ4n) is 1.83. The monoisotopic (exact) mass is 233 g/mol. The van der Waals surface area contributed by atoms with E-state index in [1.807, 2.05) is 13.0 Å². The van der Waals surface area contributed by atoms with E-state index < -0.39 is 0 Å². The largest absolute Gasteiger partial charge is 0.351 e. The molecule has 4 heteroatoms. The summed E-state index contributed by atoms with van der Waals surface area (Å²) in [4.78, 5) is 15.8. The van der Waals surface area contributed by atoms with E-state index in [0.29, 0.717) is 12.5 Å². The molecule has 17 heavy (non-hydrogen) atoms. The van der Waals surface area contributed by atoms with Crippen LogP contribution in [0.5, 0.6) is 0 Å². The van der Waals surface area contributed by atoms with Crippen LogP contribution in [0, 0.1) is 12.8 Å². The Morgan fingerprint density at radius 2 is 2.41 bits per heavy atom. The fourth-order valence-corrected chi connectivity index (χ4v) is 1.83. The Kier molecular flexibility index (Phi) is 3.74. The molecular formula is C13H19N3O. The highest BCUT2D eigenvalue weighted by atomic mass is 16.2. The minimum atomic E-state index is -0.357. The van der Waals surface area contributed by atoms with Gasteiger partial charge in [-0.05, 0) is 36.5 Å². The second-order valence-electron chi connectivity index (χ2n) is 4.81. The lowest BCUT2D eigenvalue weighted by Gasteiger charge is -2.12. The van der Waals surface area contributed by atoms with Gasteiger partial charge in [-0.3, -0.25) is 9.78 Å². The summed E-state index contributed by atoms with van der Waals surface area (Å²) < 4.78 is 0. The zero-order valence-corrected chi connectivity index (χ0v) is 10.1. The second kappa shape index (κ2) is 5.27. The summed E-state index contributed by atoms with van der Waals surface area (Å²) in [6.07, 6.45) is 6.81. The second-order valence-corrected chi connectivity index (χ2v) is 4.81. The highest BCUT2D eigenvalue weighted by molar-refractivity contribution is 5.81. The van der Waals surface area contributed by atoms with Gasteiger partial charge in [0.15, 0.2) is 0 Å². The third-order valence-corrected chi connectivity index (χ3v) is 3.21. The van der Waals surface area contributed by atoms with Crippen LogP contribution >= 0.6 is 0 Å². The lowest BCUT2D eigenvalue weighted by Crippen LogP contribution is -2.40. The first kappa shape index (κ1) is 12.0.